The first-order chi connectivity index (χ1) is 11.3. The van der Waals surface area contributed by atoms with E-state index in [1.807, 2.05) is 4.90 Å². The van der Waals surface area contributed by atoms with Crippen LogP contribution in [0, 0.1) is 6.92 Å². The number of carbonyl (C=O) groups excluding carboxylic acids is 1. The zero-order chi connectivity index (χ0) is 16.1. The molecule has 0 aliphatic carbocycles. The molecule has 1 amide bonds. The van der Waals surface area contributed by atoms with Crippen molar-refractivity contribution in [2.75, 3.05) is 39.3 Å². The molecule has 0 radical (unpaired) electrons. The van der Waals surface area contributed by atoms with Gasteiger partial charge in [-0.3, -0.25) is 9.69 Å². The molecule has 4 heteroatoms. The summed E-state index contributed by atoms with van der Waals surface area (Å²) in [5.74, 6) is 0.289. The molecule has 23 heavy (non-hydrogen) atoms. The SMILES string of the molecule is Cc1ccc(C(C(=O)N2CCNCC2)N2CCCCCC2)cc1. The largest absolute Gasteiger partial charge is 0.338 e. The van der Waals surface area contributed by atoms with Crippen LogP contribution in [0.5, 0.6) is 0 Å². The van der Waals surface area contributed by atoms with Crippen molar-refractivity contribution in [1.29, 1.82) is 0 Å². The van der Waals surface area contributed by atoms with Gasteiger partial charge < -0.3 is 10.2 Å². The number of likely N-dealkylation sites (tertiary alicyclic amines) is 1. The molecule has 3 rings (SSSR count). The molecule has 1 N–H and O–H groups in total. The Kier molecular flexibility index (Phi) is 5.68. The van der Waals surface area contributed by atoms with E-state index in [1.165, 1.54) is 31.2 Å². The highest BCUT2D eigenvalue weighted by Gasteiger charge is 2.32. The Labute approximate surface area is 139 Å². The van der Waals surface area contributed by atoms with E-state index in [1.54, 1.807) is 0 Å². The third kappa shape index (κ3) is 4.12. The standard InChI is InChI=1S/C19H29N3O/c1-16-6-8-17(9-7-16)18(21-12-4-2-3-5-13-21)19(23)22-14-10-20-11-15-22/h6-9,18,20H,2-5,10-15H2,1H3. The van der Waals surface area contributed by atoms with Gasteiger partial charge in [-0.25, -0.2) is 0 Å². The van der Waals surface area contributed by atoms with E-state index in [0.29, 0.717) is 0 Å². The fraction of sp³-hybridized carbons (Fsp3) is 0.632. The Balaban J connectivity index is 1.85. The lowest BCUT2D eigenvalue weighted by Gasteiger charge is -2.36. The van der Waals surface area contributed by atoms with Gasteiger partial charge in [-0.1, -0.05) is 42.7 Å². The van der Waals surface area contributed by atoms with Crippen molar-refractivity contribution in [3.05, 3.63) is 35.4 Å². The number of carbonyl (C=O) groups is 1. The Morgan fingerprint density at radius 2 is 1.57 bits per heavy atom. The average Bonchev–Trinajstić information content (AvgIpc) is 2.87. The van der Waals surface area contributed by atoms with Gasteiger partial charge in [0.1, 0.15) is 6.04 Å². The van der Waals surface area contributed by atoms with E-state index < -0.39 is 0 Å². The lowest BCUT2D eigenvalue weighted by atomic mass is 10.0. The summed E-state index contributed by atoms with van der Waals surface area (Å²) in [7, 11) is 0. The zero-order valence-corrected chi connectivity index (χ0v) is 14.3. The maximum absolute atomic E-state index is 13.3. The Morgan fingerprint density at radius 3 is 2.17 bits per heavy atom. The van der Waals surface area contributed by atoms with Gasteiger partial charge in [0.05, 0.1) is 0 Å². The molecule has 126 valence electrons. The third-order valence-corrected chi connectivity index (χ3v) is 5.06. The van der Waals surface area contributed by atoms with E-state index >= 15 is 0 Å². The summed E-state index contributed by atoms with van der Waals surface area (Å²) in [5, 5.41) is 3.34. The molecule has 2 fully saturated rings. The van der Waals surface area contributed by atoms with Crippen LogP contribution in [0.1, 0.15) is 42.9 Å². The fourth-order valence-electron chi connectivity index (χ4n) is 3.67. The summed E-state index contributed by atoms with van der Waals surface area (Å²) in [6.45, 7) is 7.65. The van der Waals surface area contributed by atoms with Crippen LogP contribution in [-0.4, -0.2) is 55.0 Å². The zero-order valence-electron chi connectivity index (χ0n) is 14.3. The minimum absolute atomic E-state index is 0.105. The quantitative estimate of drug-likeness (QED) is 0.930. The third-order valence-electron chi connectivity index (χ3n) is 5.06. The fourth-order valence-corrected chi connectivity index (χ4v) is 3.67. The Morgan fingerprint density at radius 1 is 0.957 bits per heavy atom. The number of hydrogen-bond acceptors (Lipinski definition) is 3. The van der Waals surface area contributed by atoms with Crippen molar-refractivity contribution in [2.45, 2.75) is 38.6 Å². The first-order valence-corrected chi connectivity index (χ1v) is 9.06. The van der Waals surface area contributed by atoms with E-state index in [0.717, 1.165) is 44.8 Å². The number of nitrogens with one attached hydrogen (secondary N) is 1. The van der Waals surface area contributed by atoms with Gasteiger partial charge in [0.15, 0.2) is 0 Å². The van der Waals surface area contributed by atoms with Gasteiger partial charge in [0.25, 0.3) is 0 Å². The number of piperazine rings is 1. The summed E-state index contributed by atoms with van der Waals surface area (Å²) in [4.78, 5) is 17.7. The van der Waals surface area contributed by atoms with Gasteiger partial charge in [-0.15, -0.1) is 0 Å². The average molecular weight is 315 g/mol. The number of amides is 1. The smallest absolute Gasteiger partial charge is 0.244 e. The van der Waals surface area contributed by atoms with Gasteiger partial charge in [-0.2, -0.15) is 0 Å². The van der Waals surface area contributed by atoms with Crippen LogP contribution < -0.4 is 5.32 Å². The minimum Gasteiger partial charge on any atom is -0.338 e. The molecular weight excluding hydrogens is 286 g/mol. The highest BCUT2D eigenvalue weighted by atomic mass is 16.2. The summed E-state index contributed by atoms with van der Waals surface area (Å²) in [6, 6.07) is 8.44. The second-order valence-corrected chi connectivity index (χ2v) is 6.84. The number of nitrogens with zero attached hydrogens (tertiary/aromatic N) is 2. The van der Waals surface area contributed by atoms with Crippen LogP contribution in [-0.2, 0) is 4.79 Å². The second kappa shape index (κ2) is 7.93. The minimum atomic E-state index is -0.105. The molecule has 0 aromatic heterocycles. The first kappa shape index (κ1) is 16.5. The Bertz CT molecular complexity index is 500. The van der Waals surface area contributed by atoms with Crippen molar-refractivity contribution >= 4 is 5.91 Å². The summed E-state index contributed by atoms with van der Waals surface area (Å²) < 4.78 is 0. The maximum atomic E-state index is 13.3. The predicted molar refractivity (Wildman–Crippen MR) is 93.4 cm³/mol. The number of aryl methyl sites for hydroxylation is 1. The summed E-state index contributed by atoms with van der Waals surface area (Å²) in [6.07, 6.45) is 4.99. The van der Waals surface area contributed by atoms with Crippen molar-refractivity contribution in [1.82, 2.24) is 15.1 Å². The number of hydrogen-bond donors (Lipinski definition) is 1. The molecule has 0 saturated carbocycles. The summed E-state index contributed by atoms with van der Waals surface area (Å²) in [5.41, 5.74) is 2.40. The normalized spacial score (nSPS) is 21.7. The first-order valence-electron chi connectivity index (χ1n) is 9.06. The van der Waals surface area contributed by atoms with Crippen LogP contribution >= 0.6 is 0 Å². The van der Waals surface area contributed by atoms with Crippen molar-refractivity contribution in [2.24, 2.45) is 0 Å². The molecule has 1 aromatic carbocycles. The van der Waals surface area contributed by atoms with Crippen molar-refractivity contribution in [3.63, 3.8) is 0 Å². The topological polar surface area (TPSA) is 35.6 Å². The highest BCUT2D eigenvalue weighted by Crippen LogP contribution is 2.27. The molecular formula is C19H29N3O. The van der Waals surface area contributed by atoms with Crippen LogP contribution in [0.3, 0.4) is 0 Å². The number of benzene rings is 1. The molecule has 1 atom stereocenters. The molecule has 0 spiro atoms. The molecule has 4 nitrogen and oxygen atoms in total. The molecule has 2 saturated heterocycles. The predicted octanol–water partition coefficient (Wildman–Crippen LogP) is 2.34. The van der Waals surface area contributed by atoms with Crippen LogP contribution in [0.15, 0.2) is 24.3 Å². The van der Waals surface area contributed by atoms with Crippen molar-refractivity contribution < 1.29 is 4.79 Å². The van der Waals surface area contributed by atoms with E-state index in [2.05, 4.69) is 41.4 Å². The maximum Gasteiger partial charge on any atom is 0.244 e. The van der Waals surface area contributed by atoms with Gasteiger partial charge in [0, 0.05) is 26.2 Å². The Hall–Kier alpha value is -1.39. The second-order valence-electron chi connectivity index (χ2n) is 6.84. The van der Waals surface area contributed by atoms with E-state index in [9.17, 15) is 4.79 Å². The van der Waals surface area contributed by atoms with Gasteiger partial charge >= 0.3 is 0 Å². The highest BCUT2D eigenvalue weighted by molar-refractivity contribution is 5.83. The van der Waals surface area contributed by atoms with Gasteiger partial charge in [-0.05, 0) is 38.4 Å². The monoisotopic (exact) mass is 315 g/mol. The van der Waals surface area contributed by atoms with Gasteiger partial charge in [0.2, 0.25) is 5.91 Å². The van der Waals surface area contributed by atoms with Crippen LogP contribution in [0.2, 0.25) is 0 Å². The molecule has 0 bridgehead atoms. The van der Waals surface area contributed by atoms with Crippen LogP contribution in [0.25, 0.3) is 0 Å². The number of rotatable bonds is 3. The molecule has 2 heterocycles. The molecule has 1 aromatic rings. The summed E-state index contributed by atoms with van der Waals surface area (Å²) >= 11 is 0. The molecule has 1 unspecified atom stereocenters. The lowest BCUT2D eigenvalue weighted by molar-refractivity contribution is -0.138. The lowest BCUT2D eigenvalue weighted by Crippen LogP contribution is -2.51. The van der Waals surface area contributed by atoms with E-state index in [-0.39, 0.29) is 11.9 Å². The van der Waals surface area contributed by atoms with Crippen LogP contribution in [0.4, 0.5) is 0 Å². The van der Waals surface area contributed by atoms with E-state index in [4.69, 9.17) is 0 Å². The van der Waals surface area contributed by atoms with Crippen molar-refractivity contribution in [3.8, 4) is 0 Å². The molecule has 2 aliphatic heterocycles. The molecule has 2 aliphatic rings.